The van der Waals surface area contributed by atoms with Gasteiger partial charge in [0, 0.05) is 17.5 Å². The van der Waals surface area contributed by atoms with E-state index in [9.17, 15) is 19.5 Å². The molecule has 1 aromatic heterocycles. The van der Waals surface area contributed by atoms with Gasteiger partial charge >= 0.3 is 12.0 Å². The van der Waals surface area contributed by atoms with Crippen molar-refractivity contribution in [3.63, 3.8) is 0 Å². The predicted octanol–water partition coefficient (Wildman–Crippen LogP) is 6.95. The third-order valence-corrected chi connectivity index (χ3v) is 6.38. The quantitative estimate of drug-likeness (QED) is 0.193. The second-order valence-electron chi connectivity index (χ2n) is 8.76. The maximum absolute atomic E-state index is 12.8. The van der Waals surface area contributed by atoms with E-state index in [1.807, 2.05) is 30.3 Å². The molecule has 1 atom stereocenters. The third-order valence-electron chi connectivity index (χ3n) is 6.05. The number of carboxylic acids is 1. The number of carbonyl (C=O) groups is 3. The van der Waals surface area contributed by atoms with E-state index < -0.39 is 17.9 Å². The molecule has 4 rings (SSSR count). The van der Waals surface area contributed by atoms with Crippen LogP contribution in [0.2, 0.25) is 5.02 Å². The van der Waals surface area contributed by atoms with Gasteiger partial charge < -0.3 is 15.7 Å². The summed E-state index contributed by atoms with van der Waals surface area (Å²) in [6.45, 7) is 0. The summed E-state index contributed by atoms with van der Waals surface area (Å²) in [5, 5.41) is 15.4. The zero-order chi connectivity index (χ0) is 26.9. The molecule has 192 valence electrons. The standard InChI is InChI=1S/C30H26ClN3O4/c31-25-8-4-5-9-27(25)34-30(38)33-24-16-17-26(32-19-24)21-12-14-22(15-13-21)28(35)18-23(29(36)37)11-10-20-6-2-1-3-7-20/h1-9,12-17,19,23H,10-11,18H2,(H,36,37)(H2,33,34,38). The Morgan fingerprint density at radius 1 is 0.842 bits per heavy atom. The SMILES string of the molecule is O=C(Nc1ccc(-c2ccc(C(=O)CC(CCc3ccccc3)C(=O)O)cc2)nc1)Nc1ccccc1Cl. The van der Waals surface area contributed by atoms with Crippen LogP contribution in [0.25, 0.3) is 11.3 Å². The van der Waals surface area contributed by atoms with E-state index in [1.54, 1.807) is 60.7 Å². The average Bonchev–Trinajstić information content (AvgIpc) is 2.93. The second-order valence-corrected chi connectivity index (χ2v) is 9.16. The molecule has 8 heteroatoms. The van der Waals surface area contributed by atoms with Gasteiger partial charge in [0.2, 0.25) is 0 Å². The highest BCUT2D eigenvalue weighted by atomic mass is 35.5. The van der Waals surface area contributed by atoms with E-state index >= 15 is 0 Å². The first-order chi connectivity index (χ1) is 18.4. The number of ketones is 1. The van der Waals surface area contributed by atoms with Gasteiger partial charge in [-0.25, -0.2) is 4.79 Å². The molecule has 0 bridgehead atoms. The summed E-state index contributed by atoms with van der Waals surface area (Å²) >= 11 is 6.06. The fraction of sp³-hybridized carbons (Fsp3) is 0.133. The lowest BCUT2D eigenvalue weighted by Gasteiger charge is -2.12. The molecular formula is C30H26ClN3O4. The first kappa shape index (κ1) is 26.6. The molecule has 0 aliphatic rings. The van der Waals surface area contributed by atoms with Crippen molar-refractivity contribution in [1.82, 2.24) is 4.98 Å². The number of hydrogen-bond acceptors (Lipinski definition) is 4. The fourth-order valence-corrected chi connectivity index (χ4v) is 4.14. The van der Waals surface area contributed by atoms with E-state index in [-0.39, 0.29) is 12.2 Å². The van der Waals surface area contributed by atoms with Gasteiger partial charge in [-0.05, 0) is 42.7 Å². The highest BCUT2D eigenvalue weighted by Gasteiger charge is 2.22. The summed E-state index contributed by atoms with van der Waals surface area (Å²) in [5.74, 6) is -1.93. The fourth-order valence-electron chi connectivity index (χ4n) is 3.95. The van der Waals surface area contributed by atoms with Crippen LogP contribution < -0.4 is 10.6 Å². The molecule has 1 heterocycles. The number of urea groups is 1. The Balaban J connectivity index is 1.33. The van der Waals surface area contributed by atoms with Crippen LogP contribution in [0.15, 0.2) is 97.2 Å². The van der Waals surface area contributed by atoms with E-state index in [4.69, 9.17) is 11.6 Å². The van der Waals surface area contributed by atoms with Crippen molar-refractivity contribution in [2.75, 3.05) is 10.6 Å². The minimum absolute atomic E-state index is 0.0591. The predicted molar refractivity (Wildman–Crippen MR) is 149 cm³/mol. The molecule has 0 spiro atoms. The molecule has 0 fully saturated rings. The Hall–Kier alpha value is -4.49. The number of Topliss-reactive ketones (excluding diaryl/α,β-unsaturated/α-hetero) is 1. The van der Waals surface area contributed by atoms with Gasteiger partial charge in [0.15, 0.2) is 5.78 Å². The smallest absolute Gasteiger partial charge is 0.323 e. The van der Waals surface area contributed by atoms with Gasteiger partial charge in [-0.2, -0.15) is 0 Å². The average molecular weight is 528 g/mol. The number of halogens is 1. The number of aliphatic carboxylic acids is 1. The first-order valence-corrected chi connectivity index (χ1v) is 12.5. The number of para-hydroxylation sites is 1. The highest BCUT2D eigenvalue weighted by Crippen LogP contribution is 2.23. The van der Waals surface area contributed by atoms with E-state index in [1.165, 1.54) is 6.20 Å². The summed E-state index contributed by atoms with van der Waals surface area (Å²) in [6, 6.07) is 26.5. The molecule has 7 nitrogen and oxygen atoms in total. The van der Waals surface area contributed by atoms with Crippen molar-refractivity contribution in [2.24, 2.45) is 5.92 Å². The number of anilines is 2. The van der Waals surface area contributed by atoms with Crippen LogP contribution in [0.3, 0.4) is 0 Å². The number of amides is 2. The molecule has 2 amide bonds. The van der Waals surface area contributed by atoms with Gasteiger partial charge in [-0.3, -0.25) is 14.6 Å². The van der Waals surface area contributed by atoms with Crippen LogP contribution in [0.4, 0.5) is 16.2 Å². The zero-order valence-electron chi connectivity index (χ0n) is 20.4. The molecule has 0 aliphatic heterocycles. The van der Waals surface area contributed by atoms with Crippen molar-refractivity contribution >= 4 is 40.8 Å². The van der Waals surface area contributed by atoms with Crippen LogP contribution in [0, 0.1) is 5.92 Å². The summed E-state index contributed by atoms with van der Waals surface area (Å²) in [4.78, 5) is 41.2. The van der Waals surface area contributed by atoms with E-state index in [2.05, 4.69) is 15.6 Å². The number of carboxylic acid groups (broad SMARTS) is 1. The second kappa shape index (κ2) is 12.7. The monoisotopic (exact) mass is 527 g/mol. The zero-order valence-corrected chi connectivity index (χ0v) is 21.2. The number of carbonyl (C=O) groups excluding carboxylic acids is 2. The normalized spacial score (nSPS) is 11.4. The van der Waals surface area contributed by atoms with Crippen molar-refractivity contribution in [1.29, 1.82) is 0 Å². The van der Waals surface area contributed by atoms with Gasteiger partial charge in [0.05, 0.1) is 34.2 Å². The minimum Gasteiger partial charge on any atom is -0.481 e. The van der Waals surface area contributed by atoms with Crippen molar-refractivity contribution in [3.8, 4) is 11.3 Å². The molecule has 0 saturated heterocycles. The third kappa shape index (κ3) is 7.27. The topological polar surface area (TPSA) is 108 Å². The molecule has 0 aliphatic carbocycles. The summed E-state index contributed by atoms with van der Waals surface area (Å²) < 4.78 is 0. The Morgan fingerprint density at radius 2 is 1.55 bits per heavy atom. The summed E-state index contributed by atoms with van der Waals surface area (Å²) in [5.41, 5.74) is 3.94. The first-order valence-electron chi connectivity index (χ1n) is 12.1. The largest absolute Gasteiger partial charge is 0.481 e. The van der Waals surface area contributed by atoms with Gasteiger partial charge in [0.25, 0.3) is 0 Å². The van der Waals surface area contributed by atoms with Crippen LogP contribution in [0.1, 0.15) is 28.8 Å². The van der Waals surface area contributed by atoms with Crippen molar-refractivity contribution in [2.45, 2.75) is 19.3 Å². The molecule has 0 saturated carbocycles. The molecule has 0 radical (unpaired) electrons. The number of pyridine rings is 1. The Morgan fingerprint density at radius 3 is 2.21 bits per heavy atom. The number of aryl methyl sites for hydroxylation is 1. The number of nitrogens with zero attached hydrogens (tertiary/aromatic N) is 1. The van der Waals surface area contributed by atoms with Crippen LogP contribution in [-0.4, -0.2) is 27.9 Å². The number of hydrogen-bond donors (Lipinski definition) is 3. The number of aromatic nitrogens is 1. The molecule has 4 aromatic rings. The van der Waals surface area contributed by atoms with Gasteiger partial charge in [0.1, 0.15) is 0 Å². The van der Waals surface area contributed by atoms with E-state index in [0.29, 0.717) is 40.5 Å². The van der Waals surface area contributed by atoms with Crippen LogP contribution in [-0.2, 0) is 11.2 Å². The van der Waals surface area contributed by atoms with Crippen molar-refractivity contribution < 1.29 is 19.5 Å². The highest BCUT2D eigenvalue weighted by molar-refractivity contribution is 6.33. The van der Waals surface area contributed by atoms with Gasteiger partial charge in [-0.15, -0.1) is 0 Å². The summed E-state index contributed by atoms with van der Waals surface area (Å²) in [7, 11) is 0. The maximum Gasteiger partial charge on any atom is 0.323 e. The molecular weight excluding hydrogens is 502 g/mol. The Labute approximate surface area is 225 Å². The Kier molecular flexibility index (Phi) is 8.85. The molecule has 3 aromatic carbocycles. The summed E-state index contributed by atoms with van der Waals surface area (Å²) in [6.07, 6.45) is 2.47. The number of rotatable bonds is 10. The lowest BCUT2D eigenvalue weighted by Crippen LogP contribution is -2.19. The van der Waals surface area contributed by atoms with Crippen molar-refractivity contribution in [3.05, 3.63) is 113 Å². The lowest BCUT2D eigenvalue weighted by molar-refractivity contribution is -0.141. The maximum atomic E-state index is 12.8. The van der Waals surface area contributed by atoms with Crippen LogP contribution in [0.5, 0.6) is 0 Å². The van der Waals surface area contributed by atoms with Crippen LogP contribution >= 0.6 is 11.6 Å². The molecule has 1 unspecified atom stereocenters. The minimum atomic E-state index is -0.968. The molecule has 3 N–H and O–H groups in total. The van der Waals surface area contributed by atoms with Gasteiger partial charge in [-0.1, -0.05) is 78.3 Å². The lowest BCUT2D eigenvalue weighted by atomic mass is 9.92. The number of benzene rings is 3. The Bertz CT molecular complexity index is 1410. The van der Waals surface area contributed by atoms with E-state index in [0.717, 1.165) is 11.1 Å². The molecule has 38 heavy (non-hydrogen) atoms. The number of nitrogens with one attached hydrogen (secondary N) is 2.